The van der Waals surface area contributed by atoms with Crippen molar-refractivity contribution >= 4 is 65.3 Å². The van der Waals surface area contributed by atoms with Crippen LogP contribution in [-0.2, 0) is 22.2 Å². The molecule has 8 nitrogen and oxygen atoms in total. The third-order valence-electron chi connectivity index (χ3n) is 2.41. The summed E-state index contributed by atoms with van der Waals surface area (Å²) < 4.78 is 38.2. The molecular formula is C10H22O8S6. The Morgan fingerprint density at radius 3 is 1.25 bits per heavy atom. The normalized spacial score (nSPS) is 19.4. The van der Waals surface area contributed by atoms with E-state index in [2.05, 4.69) is 0 Å². The molecule has 0 aliphatic rings. The van der Waals surface area contributed by atoms with E-state index in [4.69, 9.17) is 9.11 Å². The number of hydrogen-bond acceptors (Lipinski definition) is 10. The Morgan fingerprint density at radius 1 is 0.625 bits per heavy atom. The molecule has 24 heavy (non-hydrogen) atoms. The van der Waals surface area contributed by atoms with Gasteiger partial charge in [0.05, 0.1) is 35.9 Å². The maximum Gasteiger partial charge on any atom is 0.155 e. The number of rotatable bonds is 15. The van der Waals surface area contributed by atoms with Gasteiger partial charge in [-0.05, 0) is 0 Å². The molecule has 0 bridgehead atoms. The van der Waals surface area contributed by atoms with Crippen LogP contribution >= 0.6 is 43.2 Å². The van der Waals surface area contributed by atoms with E-state index in [1.165, 1.54) is 43.2 Å². The van der Waals surface area contributed by atoms with Crippen molar-refractivity contribution in [1.29, 1.82) is 0 Å². The summed E-state index contributed by atoms with van der Waals surface area (Å²) in [6.07, 6.45) is -4.58. The van der Waals surface area contributed by atoms with E-state index in [0.717, 1.165) is 11.5 Å². The van der Waals surface area contributed by atoms with Gasteiger partial charge in [0, 0.05) is 23.0 Å². The van der Waals surface area contributed by atoms with Crippen LogP contribution in [0.4, 0.5) is 0 Å². The highest BCUT2D eigenvalue weighted by molar-refractivity contribution is 8.78. The molecule has 6 N–H and O–H groups in total. The summed E-state index contributed by atoms with van der Waals surface area (Å²) in [4.78, 5) is 0. The molecule has 0 fully saturated rings. The van der Waals surface area contributed by atoms with Gasteiger partial charge in [-0.3, -0.25) is 0 Å². The summed E-state index contributed by atoms with van der Waals surface area (Å²) in [5.74, 6) is 1.22. The van der Waals surface area contributed by atoms with Crippen LogP contribution in [0.1, 0.15) is 0 Å². The van der Waals surface area contributed by atoms with Crippen molar-refractivity contribution in [3.63, 3.8) is 0 Å². The maximum atomic E-state index is 10.5. The van der Waals surface area contributed by atoms with Crippen LogP contribution in [0.5, 0.6) is 0 Å². The van der Waals surface area contributed by atoms with E-state index in [-0.39, 0.29) is 23.0 Å². The predicted molar refractivity (Wildman–Crippen MR) is 105 cm³/mol. The lowest BCUT2D eigenvalue weighted by atomic mass is 10.3. The summed E-state index contributed by atoms with van der Waals surface area (Å²) in [7, 11) is 5.65. The molecular weight excluding hydrogens is 441 g/mol. The highest BCUT2D eigenvalue weighted by Crippen LogP contribution is 2.28. The fourth-order valence-electron chi connectivity index (χ4n) is 1.16. The van der Waals surface area contributed by atoms with E-state index in [1.54, 1.807) is 0 Å². The summed E-state index contributed by atoms with van der Waals surface area (Å²) in [6, 6.07) is 0. The van der Waals surface area contributed by atoms with Gasteiger partial charge in [0.1, 0.15) is 0 Å². The first-order chi connectivity index (χ1) is 11.2. The minimum Gasteiger partial charge on any atom is -0.389 e. The van der Waals surface area contributed by atoms with Crippen LogP contribution in [0.3, 0.4) is 0 Å². The zero-order valence-corrected chi connectivity index (χ0v) is 17.4. The Kier molecular flexibility index (Phi) is 16.5. The van der Waals surface area contributed by atoms with Gasteiger partial charge in [0.15, 0.2) is 22.2 Å². The highest BCUT2D eigenvalue weighted by Gasteiger charge is 2.19. The van der Waals surface area contributed by atoms with Gasteiger partial charge in [-0.15, -0.1) is 0 Å². The van der Waals surface area contributed by atoms with Gasteiger partial charge in [-0.25, -0.2) is 8.42 Å². The van der Waals surface area contributed by atoms with Crippen LogP contribution in [0.25, 0.3) is 0 Å². The van der Waals surface area contributed by atoms with Gasteiger partial charge < -0.3 is 29.5 Å². The third-order valence-corrected chi connectivity index (χ3v) is 8.77. The van der Waals surface area contributed by atoms with Crippen molar-refractivity contribution in [3.05, 3.63) is 0 Å². The minimum atomic E-state index is -2.14. The molecule has 0 aliphatic carbocycles. The van der Waals surface area contributed by atoms with E-state index in [1.807, 2.05) is 0 Å². The predicted octanol–water partition coefficient (Wildman–Crippen LogP) is -0.364. The zero-order valence-electron chi connectivity index (χ0n) is 12.5. The Morgan fingerprint density at radius 2 is 0.958 bits per heavy atom. The largest absolute Gasteiger partial charge is 0.389 e. The number of aliphatic hydroxyl groups excluding tert-OH is 4. The van der Waals surface area contributed by atoms with Gasteiger partial charge in [-0.2, -0.15) is 0 Å². The Labute approximate surface area is 161 Å². The number of aliphatic hydroxyl groups is 4. The van der Waals surface area contributed by atoms with E-state index < -0.39 is 46.6 Å². The Hall–Kier alpha value is 1.46. The second-order valence-corrected chi connectivity index (χ2v) is 11.7. The van der Waals surface area contributed by atoms with E-state index in [0.29, 0.717) is 0 Å². The van der Waals surface area contributed by atoms with Gasteiger partial charge in [0.2, 0.25) is 0 Å². The maximum absolute atomic E-state index is 10.5. The lowest BCUT2D eigenvalue weighted by molar-refractivity contribution is 0.0489. The molecule has 6 atom stereocenters. The molecule has 0 radical (unpaired) electrons. The average Bonchev–Trinajstić information content (AvgIpc) is 2.47. The van der Waals surface area contributed by atoms with Crippen molar-refractivity contribution in [1.82, 2.24) is 0 Å². The lowest BCUT2D eigenvalue weighted by Gasteiger charge is -2.15. The molecule has 0 spiro atoms. The zero-order chi connectivity index (χ0) is 18.5. The first-order valence-corrected chi connectivity index (χ1v) is 14.1. The van der Waals surface area contributed by atoms with Crippen LogP contribution in [0.2, 0.25) is 0 Å². The Balaban J connectivity index is 3.54. The second-order valence-electron chi connectivity index (χ2n) is 4.46. The molecule has 14 heteroatoms. The summed E-state index contributed by atoms with van der Waals surface area (Å²) >= 11 is -4.28. The van der Waals surface area contributed by atoms with Crippen molar-refractivity contribution in [3.8, 4) is 0 Å². The molecule has 0 aromatic rings. The summed E-state index contributed by atoms with van der Waals surface area (Å²) in [5.41, 5.74) is 0. The summed E-state index contributed by atoms with van der Waals surface area (Å²) in [5, 5.41) is 37.9. The van der Waals surface area contributed by atoms with E-state index in [9.17, 15) is 28.8 Å². The standard InChI is InChI=1S/C10H22O8S6/c11-7(9(13)5-23(15)16)3-21-19-1-2-20-22-4-8(12)10(14)6-24(17)18/h7-14H,1-6H2,(H,15,16)(H,17,18)/t7-,8-,9-,10-/m1/s1. The van der Waals surface area contributed by atoms with Crippen LogP contribution in [-0.4, -0.2) is 96.9 Å². The molecule has 0 amide bonds. The molecule has 0 aliphatic heterocycles. The van der Waals surface area contributed by atoms with E-state index >= 15 is 0 Å². The van der Waals surface area contributed by atoms with Gasteiger partial charge >= 0.3 is 0 Å². The lowest BCUT2D eigenvalue weighted by Crippen LogP contribution is -2.32. The van der Waals surface area contributed by atoms with Crippen molar-refractivity contribution < 1.29 is 37.9 Å². The fraction of sp³-hybridized carbons (Fsp3) is 1.00. The summed E-state index contributed by atoms with van der Waals surface area (Å²) in [6.45, 7) is 0. The number of hydrogen-bond donors (Lipinski definition) is 6. The van der Waals surface area contributed by atoms with Crippen molar-refractivity contribution in [2.75, 3.05) is 34.5 Å². The van der Waals surface area contributed by atoms with Crippen LogP contribution < -0.4 is 0 Å². The molecule has 0 saturated carbocycles. The third kappa shape index (κ3) is 14.6. The minimum absolute atomic E-state index is 0.240. The molecule has 0 rings (SSSR count). The quantitative estimate of drug-likeness (QED) is 0.107. The van der Waals surface area contributed by atoms with Gasteiger partial charge in [-0.1, -0.05) is 43.2 Å². The topological polar surface area (TPSA) is 156 Å². The fourth-order valence-corrected chi connectivity index (χ4v) is 7.23. The average molecular weight is 463 g/mol. The first kappa shape index (κ1) is 25.5. The molecule has 0 saturated heterocycles. The second kappa shape index (κ2) is 15.5. The highest BCUT2D eigenvalue weighted by atomic mass is 33.1. The smallest absolute Gasteiger partial charge is 0.155 e. The molecule has 0 heterocycles. The molecule has 0 aromatic heterocycles. The molecule has 2 unspecified atom stereocenters. The van der Waals surface area contributed by atoms with Gasteiger partial charge in [0.25, 0.3) is 0 Å². The monoisotopic (exact) mass is 462 g/mol. The SMILES string of the molecule is O=S(O)C[C@@H](O)[C@H](O)CSSCCSSC[C@@H](O)[C@H](O)CS(=O)O. The molecule has 146 valence electrons. The van der Waals surface area contributed by atoms with Crippen molar-refractivity contribution in [2.24, 2.45) is 0 Å². The van der Waals surface area contributed by atoms with Crippen LogP contribution in [0, 0.1) is 0 Å². The first-order valence-electron chi connectivity index (χ1n) is 6.60. The molecule has 0 aromatic carbocycles. The van der Waals surface area contributed by atoms with Crippen molar-refractivity contribution in [2.45, 2.75) is 24.4 Å². The van der Waals surface area contributed by atoms with Crippen LogP contribution in [0.15, 0.2) is 0 Å². The Bertz CT molecular complexity index is 341.